The Morgan fingerprint density at radius 1 is 1.26 bits per heavy atom. The first-order valence-electron chi connectivity index (χ1n) is 13.2. The van der Waals surface area contributed by atoms with Crippen molar-refractivity contribution in [3.8, 4) is 5.75 Å². The van der Waals surface area contributed by atoms with Crippen molar-refractivity contribution in [2.45, 2.75) is 55.2 Å². The van der Waals surface area contributed by atoms with Crippen molar-refractivity contribution in [3.63, 3.8) is 0 Å². The second kappa shape index (κ2) is 11.5. The zero-order chi connectivity index (χ0) is 27.6. The summed E-state index contributed by atoms with van der Waals surface area (Å²) in [6.07, 6.45) is 5.07. The molecule has 1 N–H and O–H groups in total. The summed E-state index contributed by atoms with van der Waals surface area (Å²) in [6, 6.07) is 5.82. The molecule has 0 aliphatic carbocycles. The van der Waals surface area contributed by atoms with Gasteiger partial charge in [0.25, 0.3) is 5.91 Å². The highest BCUT2D eigenvalue weighted by molar-refractivity contribution is 8.02. The van der Waals surface area contributed by atoms with Crippen LogP contribution in [0.5, 0.6) is 5.75 Å². The minimum atomic E-state index is -0.829. The van der Waals surface area contributed by atoms with Gasteiger partial charge in [-0.15, -0.1) is 18.3 Å². The van der Waals surface area contributed by atoms with Crippen LogP contribution in [0.2, 0.25) is 0 Å². The first-order chi connectivity index (χ1) is 18.2. The number of hydrogen-bond donors (Lipinski definition) is 1. The van der Waals surface area contributed by atoms with E-state index in [9.17, 15) is 19.5 Å². The first-order valence-corrected chi connectivity index (χ1v) is 14.1. The minimum Gasteiger partial charge on any atom is -0.497 e. The molecule has 3 aliphatic heterocycles. The third-order valence-electron chi connectivity index (χ3n) is 7.90. The van der Waals surface area contributed by atoms with Crippen molar-refractivity contribution in [2.24, 2.45) is 17.8 Å². The van der Waals surface area contributed by atoms with E-state index in [-0.39, 0.29) is 42.7 Å². The number of amides is 2. The molecule has 4 rings (SSSR count). The van der Waals surface area contributed by atoms with Gasteiger partial charge in [0.05, 0.1) is 36.3 Å². The van der Waals surface area contributed by atoms with Crippen LogP contribution in [0.1, 0.15) is 33.1 Å². The zero-order valence-electron chi connectivity index (χ0n) is 22.4. The summed E-state index contributed by atoms with van der Waals surface area (Å²) in [5.74, 6) is -1.35. The van der Waals surface area contributed by atoms with Crippen LogP contribution in [-0.4, -0.2) is 76.7 Å². The van der Waals surface area contributed by atoms with E-state index in [0.717, 1.165) is 6.42 Å². The number of rotatable bonds is 12. The normalized spacial score (nSPS) is 28.2. The fraction of sp³-hybridized carbons (Fsp3) is 0.552. The summed E-state index contributed by atoms with van der Waals surface area (Å²) >= 11 is 1.58. The molecule has 0 saturated carbocycles. The molecule has 1 spiro atoms. The van der Waals surface area contributed by atoms with Crippen LogP contribution >= 0.6 is 11.8 Å². The number of fused-ring (bicyclic) bond motifs is 1. The molecule has 2 bridgehead atoms. The fourth-order valence-electron chi connectivity index (χ4n) is 6.45. The molecule has 9 heteroatoms. The Labute approximate surface area is 229 Å². The SMILES string of the molecule is C=CCOC(=O)[C@@H]1[C@H]2C(=O)N([C@@H](CO)CC(C)C)C(C(=O)N(CC=C)c3ccc(OC)cc3)C23CC[C@H]1S3. The van der Waals surface area contributed by atoms with E-state index in [1.54, 1.807) is 46.9 Å². The molecule has 1 aromatic carbocycles. The molecule has 3 heterocycles. The van der Waals surface area contributed by atoms with Crippen LogP contribution in [0.3, 0.4) is 0 Å². The molecule has 2 unspecified atom stereocenters. The van der Waals surface area contributed by atoms with E-state index in [0.29, 0.717) is 24.3 Å². The number of ether oxygens (including phenoxy) is 2. The van der Waals surface area contributed by atoms with Gasteiger partial charge in [0.1, 0.15) is 18.4 Å². The van der Waals surface area contributed by atoms with Crippen LogP contribution < -0.4 is 9.64 Å². The summed E-state index contributed by atoms with van der Waals surface area (Å²) in [4.78, 5) is 45.2. The quantitative estimate of drug-likeness (QED) is 0.319. The summed E-state index contributed by atoms with van der Waals surface area (Å²) < 4.78 is 9.94. The van der Waals surface area contributed by atoms with E-state index < -0.39 is 34.6 Å². The maximum atomic E-state index is 14.6. The number of benzene rings is 1. The van der Waals surface area contributed by atoms with E-state index >= 15 is 0 Å². The van der Waals surface area contributed by atoms with Gasteiger partial charge in [-0.2, -0.15) is 0 Å². The fourth-order valence-corrected chi connectivity index (χ4v) is 8.64. The smallest absolute Gasteiger partial charge is 0.311 e. The molecule has 3 fully saturated rings. The van der Waals surface area contributed by atoms with Gasteiger partial charge >= 0.3 is 5.97 Å². The summed E-state index contributed by atoms with van der Waals surface area (Å²) in [5, 5.41) is 10.3. The van der Waals surface area contributed by atoms with E-state index in [1.165, 1.54) is 6.08 Å². The monoisotopic (exact) mass is 542 g/mol. The number of aliphatic hydroxyl groups is 1. The molecule has 3 saturated heterocycles. The molecule has 38 heavy (non-hydrogen) atoms. The van der Waals surface area contributed by atoms with Crippen molar-refractivity contribution in [3.05, 3.63) is 49.6 Å². The average molecular weight is 543 g/mol. The van der Waals surface area contributed by atoms with Crippen molar-refractivity contribution >= 4 is 35.2 Å². The van der Waals surface area contributed by atoms with Crippen molar-refractivity contribution in [2.75, 3.05) is 31.8 Å². The topological polar surface area (TPSA) is 96.4 Å². The number of carbonyl (C=O) groups excluding carboxylic acids is 3. The third kappa shape index (κ3) is 4.75. The number of nitrogens with zero attached hydrogens (tertiary/aromatic N) is 2. The Hall–Kier alpha value is -2.78. The first kappa shape index (κ1) is 28.2. The van der Waals surface area contributed by atoms with Crippen LogP contribution in [0.25, 0.3) is 0 Å². The van der Waals surface area contributed by atoms with E-state index in [2.05, 4.69) is 13.2 Å². The predicted octanol–water partition coefficient (Wildman–Crippen LogP) is 3.44. The molecule has 1 aromatic rings. The second-order valence-corrected chi connectivity index (χ2v) is 12.2. The van der Waals surface area contributed by atoms with Gasteiger partial charge < -0.3 is 24.4 Å². The van der Waals surface area contributed by atoms with Gasteiger partial charge in [0.2, 0.25) is 5.91 Å². The molecule has 2 amide bonds. The standard InChI is InChI=1S/C29H38N2O6S/c1-6-14-30(19-8-10-21(36-5)11-9-19)27(34)25-29-13-12-22(38-29)23(28(35)37-15-7-2)24(29)26(33)31(25)20(17-32)16-18(3)4/h6-11,18,20,22-25,32H,1-2,12-17H2,3-5H3/t20-,22-,23+,24+,25?,29?/m1/s1. The number of likely N-dealkylation sites (tertiary alicyclic amines) is 1. The summed E-state index contributed by atoms with van der Waals surface area (Å²) in [7, 11) is 1.58. The van der Waals surface area contributed by atoms with Gasteiger partial charge in [-0.05, 0) is 49.4 Å². The highest BCUT2D eigenvalue weighted by Gasteiger charge is 2.74. The zero-order valence-corrected chi connectivity index (χ0v) is 23.2. The van der Waals surface area contributed by atoms with Crippen molar-refractivity contribution < 1.29 is 29.0 Å². The van der Waals surface area contributed by atoms with Crippen LogP contribution in [-0.2, 0) is 19.1 Å². The lowest BCUT2D eigenvalue weighted by Gasteiger charge is -2.40. The summed E-state index contributed by atoms with van der Waals surface area (Å²) in [5.41, 5.74) is 0.659. The maximum Gasteiger partial charge on any atom is 0.311 e. The molecule has 6 atom stereocenters. The van der Waals surface area contributed by atoms with Crippen LogP contribution in [0.15, 0.2) is 49.6 Å². The number of carbonyl (C=O) groups is 3. The molecular weight excluding hydrogens is 504 g/mol. The largest absolute Gasteiger partial charge is 0.497 e. The number of hydrogen-bond acceptors (Lipinski definition) is 7. The van der Waals surface area contributed by atoms with Gasteiger partial charge in [-0.25, -0.2) is 0 Å². The molecule has 3 aliphatic rings. The molecular formula is C29H38N2O6S. The maximum absolute atomic E-state index is 14.6. The Bertz CT molecular complexity index is 1080. The molecule has 206 valence electrons. The molecule has 8 nitrogen and oxygen atoms in total. The lowest BCUT2D eigenvalue weighted by molar-refractivity contribution is -0.153. The number of thioether (sulfide) groups is 1. The van der Waals surface area contributed by atoms with Crippen LogP contribution in [0, 0.1) is 17.8 Å². The van der Waals surface area contributed by atoms with Gasteiger partial charge in [-0.1, -0.05) is 32.6 Å². The molecule has 0 radical (unpaired) electrons. The Kier molecular flexibility index (Phi) is 8.57. The molecule has 0 aromatic heterocycles. The minimum absolute atomic E-state index is 0.0733. The van der Waals surface area contributed by atoms with Gasteiger partial charge in [0, 0.05) is 17.5 Å². The van der Waals surface area contributed by atoms with E-state index in [1.807, 2.05) is 26.0 Å². The number of methoxy groups -OCH3 is 1. The lowest BCUT2D eigenvalue weighted by Crippen LogP contribution is -2.57. The summed E-state index contributed by atoms with van der Waals surface area (Å²) in [6.45, 7) is 11.6. The van der Waals surface area contributed by atoms with Crippen molar-refractivity contribution in [1.82, 2.24) is 4.90 Å². The van der Waals surface area contributed by atoms with Gasteiger partial charge in [0.15, 0.2) is 0 Å². The number of aliphatic hydroxyl groups excluding tert-OH is 1. The average Bonchev–Trinajstić information content (AvgIpc) is 3.56. The second-order valence-electron chi connectivity index (χ2n) is 10.6. The Morgan fingerprint density at radius 2 is 1.97 bits per heavy atom. The highest BCUT2D eigenvalue weighted by Crippen LogP contribution is 2.67. The Balaban J connectivity index is 1.79. The predicted molar refractivity (Wildman–Crippen MR) is 148 cm³/mol. The third-order valence-corrected chi connectivity index (χ3v) is 9.85. The van der Waals surface area contributed by atoms with Crippen LogP contribution in [0.4, 0.5) is 5.69 Å². The lowest BCUT2D eigenvalue weighted by atomic mass is 9.71. The Morgan fingerprint density at radius 3 is 2.55 bits per heavy atom. The van der Waals surface area contributed by atoms with E-state index in [4.69, 9.17) is 9.47 Å². The highest BCUT2D eigenvalue weighted by atomic mass is 32.2. The van der Waals surface area contributed by atoms with Crippen molar-refractivity contribution in [1.29, 1.82) is 0 Å². The number of anilines is 1. The van der Waals surface area contributed by atoms with Gasteiger partial charge in [-0.3, -0.25) is 14.4 Å². The number of esters is 1.